The highest BCUT2D eigenvalue weighted by Gasteiger charge is 2.20. The number of hydrogen-bond acceptors (Lipinski definition) is 5. The Bertz CT molecular complexity index is 852. The van der Waals surface area contributed by atoms with Crippen LogP contribution in [-0.2, 0) is 14.3 Å². The first-order valence-electron chi connectivity index (χ1n) is 27.3. The number of nitrogens with one attached hydrogen (secondary N) is 1. The van der Waals surface area contributed by atoms with Crippen molar-refractivity contribution in [2.24, 2.45) is 0 Å². The van der Waals surface area contributed by atoms with Crippen molar-refractivity contribution in [1.82, 2.24) is 5.32 Å². The van der Waals surface area contributed by atoms with Crippen LogP contribution in [0.2, 0.25) is 0 Å². The van der Waals surface area contributed by atoms with E-state index in [1.54, 1.807) is 0 Å². The van der Waals surface area contributed by atoms with E-state index >= 15 is 0 Å². The Kier molecular flexibility index (Phi) is 49.5. The first-order valence-corrected chi connectivity index (χ1v) is 27.3. The number of unbranched alkanes of at least 4 members (excludes halogenated alkanes) is 40. The van der Waals surface area contributed by atoms with Gasteiger partial charge in [0.05, 0.1) is 25.4 Å². The van der Waals surface area contributed by atoms with Gasteiger partial charge < -0.3 is 20.3 Å². The number of aliphatic hydroxyl groups excluding tert-OH is 2. The predicted molar refractivity (Wildman–Crippen MR) is 260 cm³/mol. The van der Waals surface area contributed by atoms with Gasteiger partial charge in [-0.3, -0.25) is 9.59 Å². The molecule has 0 saturated heterocycles. The van der Waals surface area contributed by atoms with Gasteiger partial charge in [-0.05, 0) is 25.7 Å². The van der Waals surface area contributed by atoms with Crippen LogP contribution in [0, 0.1) is 0 Å². The second kappa shape index (κ2) is 50.5. The van der Waals surface area contributed by atoms with Crippen LogP contribution in [0.1, 0.15) is 309 Å². The molecule has 0 fully saturated rings. The lowest BCUT2D eigenvalue weighted by Crippen LogP contribution is -2.45. The van der Waals surface area contributed by atoms with E-state index in [1.807, 2.05) is 0 Å². The Morgan fingerprint density at radius 1 is 0.400 bits per heavy atom. The number of carbonyl (C=O) groups is 2. The van der Waals surface area contributed by atoms with Gasteiger partial charge in [0, 0.05) is 12.8 Å². The summed E-state index contributed by atoms with van der Waals surface area (Å²) < 4.78 is 5.48. The number of amides is 1. The Hall–Kier alpha value is -1.14. The SMILES string of the molecule is CCCCCCCCCCCCCCCCCCCC(=O)OCCCCCCCCCCCCCCCC(=O)NC(CO)C(O)CCCCCCCCCCCCCCC. The summed E-state index contributed by atoms with van der Waals surface area (Å²) >= 11 is 0. The molecule has 0 heterocycles. The van der Waals surface area contributed by atoms with Crippen LogP contribution in [-0.4, -0.2) is 47.4 Å². The zero-order valence-corrected chi connectivity index (χ0v) is 40.7. The summed E-state index contributed by atoms with van der Waals surface area (Å²) in [6.45, 7) is 4.94. The molecule has 0 aromatic heterocycles. The maximum Gasteiger partial charge on any atom is 0.305 e. The minimum absolute atomic E-state index is 0.000811. The van der Waals surface area contributed by atoms with Crippen LogP contribution in [0.3, 0.4) is 0 Å². The Balaban J connectivity index is 3.41. The molecule has 358 valence electrons. The molecule has 6 nitrogen and oxygen atoms in total. The van der Waals surface area contributed by atoms with Crippen LogP contribution in [0.5, 0.6) is 0 Å². The summed E-state index contributed by atoms with van der Waals surface area (Å²) in [5.41, 5.74) is 0. The first kappa shape index (κ1) is 58.9. The van der Waals surface area contributed by atoms with Gasteiger partial charge in [-0.25, -0.2) is 0 Å². The average molecular weight is 850 g/mol. The fourth-order valence-electron chi connectivity index (χ4n) is 8.70. The van der Waals surface area contributed by atoms with E-state index in [9.17, 15) is 19.8 Å². The van der Waals surface area contributed by atoms with Gasteiger partial charge >= 0.3 is 5.97 Å². The Morgan fingerprint density at radius 2 is 0.683 bits per heavy atom. The zero-order chi connectivity index (χ0) is 43.7. The number of rotatable bonds is 51. The molecule has 6 heteroatoms. The van der Waals surface area contributed by atoms with Crippen LogP contribution in [0.25, 0.3) is 0 Å². The van der Waals surface area contributed by atoms with E-state index < -0.39 is 12.1 Å². The smallest absolute Gasteiger partial charge is 0.305 e. The third-order valence-electron chi connectivity index (χ3n) is 12.9. The number of hydrogen-bond donors (Lipinski definition) is 3. The molecule has 0 aromatic carbocycles. The molecule has 0 aliphatic carbocycles. The highest BCUT2D eigenvalue weighted by Crippen LogP contribution is 2.17. The van der Waals surface area contributed by atoms with Crippen molar-refractivity contribution in [2.45, 2.75) is 321 Å². The van der Waals surface area contributed by atoms with E-state index in [0.717, 1.165) is 51.4 Å². The quantitative estimate of drug-likeness (QED) is 0.0418. The Labute approximate surface area is 375 Å². The van der Waals surface area contributed by atoms with Crippen LogP contribution < -0.4 is 5.32 Å². The highest BCUT2D eigenvalue weighted by molar-refractivity contribution is 5.76. The van der Waals surface area contributed by atoms with Gasteiger partial charge in [0.25, 0.3) is 0 Å². The van der Waals surface area contributed by atoms with Crippen molar-refractivity contribution in [3.63, 3.8) is 0 Å². The molecule has 1 amide bonds. The van der Waals surface area contributed by atoms with E-state index in [4.69, 9.17) is 4.74 Å². The summed E-state index contributed by atoms with van der Waals surface area (Å²) in [6.07, 6.45) is 56.5. The van der Waals surface area contributed by atoms with Crippen LogP contribution in [0.15, 0.2) is 0 Å². The van der Waals surface area contributed by atoms with Crippen molar-refractivity contribution >= 4 is 11.9 Å². The summed E-state index contributed by atoms with van der Waals surface area (Å²) in [5, 5.41) is 23.2. The molecular formula is C54H107NO5. The zero-order valence-electron chi connectivity index (χ0n) is 40.7. The number of carbonyl (C=O) groups excluding carboxylic acids is 2. The molecular weight excluding hydrogens is 743 g/mol. The lowest BCUT2D eigenvalue weighted by atomic mass is 10.0. The lowest BCUT2D eigenvalue weighted by Gasteiger charge is -2.22. The molecule has 0 bridgehead atoms. The summed E-state index contributed by atoms with van der Waals surface area (Å²) in [6, 6.07) is -0.548. The van der Waals surface area contributed by atoms with Gasteiger partial charge in [0.15, 0.2) is 0 Å². The number of aliphatic hydroxyl groups is 2. The normalized spacial score (nSPS) is 12.5. The second-order valence-electron chi connectivity index (χ2n) is 18.9. The third-order valence-corrected chi connectivity index (χ3v) is 12.9. The maximum absolute atomic E-state index is 12.4. The fourth-order valence-corrected chi connectivity index (χ4v) is 8.70. The topological polar surface area (TPSA) is 95.9 Å². The van der Waals surface area contributed by atoms with Crippen molar-refractivity contribution in [1.29, 1.82) is 0 Å². The standard InChI is InChI=1S/C54H107NO5/c1-3-5-7-9-11-13-15-17-18-19-20-24-28-32-36-40-44-48-54(59)60-49-45-41-37-33-29-25-21-23-27-31-35-39-43-47-53(58)55-51(50-56)52(57)46-42-38-34-30-26-22-16-14-12-10-8-6-4-2/h51-52,56-57H,3-50H2,1-2H3,(H,55,58). The average Bonchev–Trinajstić information content (AvgIpc) is 3.25. The molecule has 3 N–H and O–H groups in total. The van der Waals surface area contributed by atoms with Crippen molar-refractivity contribution in [3.05, 3.63) is 0 Å². The van der Waals surface area contributed by atoms with Gasteiger partial charge in [0.2, 0.25) is 5.91 Å². The predicted octanol–water partition coefficient (Wildman–Crippen LogP) is 16.4. The minimum Gasteiger partial charge on any atom is -0.466 e. The molecule has 0 rings (SSSR count). The van der Waals surface area contributed by atoms with E-state index in [-0.39, 0.29) is 18.5 Å². The van der Waals surface area contributed by atoms with Crippen molar-refractivity contribution in [2.75, 3.05) is 13.2 Å². The molecule has 60 heavy (non-hydrogen) atoms. The van der Waals surface area contributed by atoms with Crippen LogP contribution >= 0.6 is 0 Å². The van der Waals surface area contributed by atoms with E-state index in [2.05, 4.69) is 19.2 Å². The third kappa shape index (κ3) is 46.4. The molecule has 0 aliphatic heterocycles. The molecule has 0 radical (unpaired) electrons. The maximum atomic E-state index is 12.4. The van der Waals surface area contributed by atoms with Crippen molar-refractivity contribution in [3.8, 4) is 0 Å². The largest absolute Gasteiger partial charge is 0.466 e. The monoisotopic (exact) mass is 850 g/mol. The Morgan fingerprint density at radius 3 is 1.02 bits per heavy atom. The molecule has 0 saturated carbocycles. The molecule has 0 aromatic rings. The lowest BCUT2D eigenvalue weighted by molar-refractivity contribution is -0.143. The van der Waals surface area contributed by atoms with Crippen LogP contribution in [0.4, 0.5) is 0 Å². The number of ether oxygens (including phenoxy) is 1. The highest BCUT2D eigenvalue weighted by atomic mass is 16.5. The fraction of sp³-hybridized carbons (Fsp3) is 0.963. The second-order valence-corrected chi connectivity index (χ2v) is 18.9. The summed E-state index contributed by atoms with van der Waals surface area (Å²) in [5.74, 6) is -0.0468. The minimum atomic E-state index is -0.670. The van der Waals surface area contributed by atoms with Crippen molar-refractivity contribution < 1.29 is 24.5 Å². The van der Waals surface area contributed by atoms with Gasteiger partial charge in [-0.15, -0.1) is 0 Å². The van der Waals surface area contributed by atoms with Gasteiger partial charge in [-0.1, -0.05) is 271 Å². The summed E-state index contributed by atoms with van der Waals surface area (Å²) in [7, 11) is 0. The van der Waals surface area contributed by atoms with E-state index in [1.165, 1.54) is 225 Å². The molecule has 2 unspecified atom stereocenters. The molecule has 2 atom stereocenters. The number of esters is 1. The van der Waals surface area contributed by atoms with E-state index in [0.29, 0.717) is 25.9 Å². The molecule has 0 spiro atoms. The van der Waals surface area contributed by atoms with Gasteiger partial charge in [0.1, 0.15) is 0 Å². The summed E-state index contributed by atoms with van der Waals surface area (Å²) in [4.78, 5) is 24.5. The first-order chi connectivity index (χ1) is 29.5. The molecule has 0 aliphatic rings. The van der Waals surface area contributed by atoms with Gasteiger partial charge in [-0.2, -0.15) is 0 Å².